The summed E-state index contributed by atoms with van der Waals surface area (Å²) in [4.78, 5) is 31.8. The number of alkyl halides is 3. The lowest BCUT2D eigenvalue weighted by atomic mass is 10.2. The Morgan fingerprint density at radius 1 is 1.15 bits per heavy atom. The molecule has 1 aliphatic rings. The second kappa shape index (κ2) is 9.19. The van der Waals surface area contributed by atoms with E-state index in [-0.39, 0.29) is 34.6 Å². The van der Waals surface area contributed by atoms with Crippen molar-refractivity contribution in [3.8, 4) is 0 Å². The summed E-state index contributed by atoms with van der Waals surface area (Å²) in [6.07, 6.45) is 2.71. The molecule has 1 atom stereocenters. The molecule has 0 aliphatic carbocycles. The number of thioether (sulfide) groups is 1. The number of rotatable bonds is 7. The molecule has 33 heavy (non-hydrogen) atoms. The first-order valence-electron chi connectivity index (χ1n) is 9.43. The molecule has 14 heteroatoms. The van der Waals surface area contributed by atoms with Crippen LogP contribution in [0.5, 0.6) is 0 Å². The van der Waals surface area contributed by atoms with E-state index < -0.39 is 33.7 Å². The molecule has 0 saturated carbocycles. The summed E-state index contributed by atoms with van der Waals surface area (Å²) in [7, 11) is -1.14. The summed E-state index contributed by atoms with van der Waals surface area (Å²) >= 11 is -0.300. The number of halogens is 3. The molecule has 0 bridgehead atoms. The lowest BCUT2D eigenvalue weighted by Crippen LogP contribution is -2.34. The highest BCUT2D eigenvalue weighted by atomic mass is 32.2. The maximum absolute atomic E-state index is 13.0. The number of pyridine rings is 1. The molecule has 0 spiro atoms. The third-order valence-electron chi connectivity index (χ3n) is 4.78. The number of anilines is 2. The molecule has 2 aromatic rings. The van der Waals surface area contributed by atoms with Gasteiger partial charge >= 0.3 is 21.7 Å². The van der Waals surface area contributed by atoms with Gasteiger partial charge < -0.3 is 4.90 Å². The molecule has 3 rings (SSSR count). The van der Waals surface area contributed by atoms with Gasteiger partial charge in [0.1, 0.15) is 6.04 Å². The third kappa shape index (κ3) is 5.57. The zero-order valence-corrected chi connectivity index (χ0v) is 19.3. The number of hydrogen-bond donors (Lipinski definition) is 1. The van der Waals surface area contributed by atoms with E-state index in [2.05, 4.69) is 9.71 Å². The molecular weight excluding hydrogens is 483 g/mol. The minimum absolute atomic E-state index is 0.0788. The van der Waals surface area contributed by atoms with Crippen LogP contribution in [0.15, 0.2) is 47.6 Å². The molecule has 1 unspecified atom stereocenters. The molecule has 1 aromatic carbocycles. The van der Waals surface area contributed by atoms with E-state index in [1.54, 1.807) is 0 Å². The summed E-state index contributed by atoms with van der Waals surface area (Å²) in [6.45, 7) is 1.41. The SMILES string of the molecule is CC1C(=O)N(c2ccc(SC(F)(F)F)cc2)C(=O)N1Cc1ccncc1NS(=O)(=O)N(C)C. The van der Waals surface area contributed by atoms with Gasteiger partial charge in [-0.25, -0.2) is 9.69 Å². The number of urea groups is 1. The highest BCUT2D eigenvalue weighted by molar-refractivity contribution is 8.00. The first kappa shape index (κ1) is 24.8. The fourth-order valence-corrected chi connectivity index (χ4v) is 4.20. The minimum atomic E-state index is -4.46. The van der Waals surface area contributed by atoms with Crippen molar-refractivity contribution in [3.63, 3.8) is 0 Å². The monoisotopic (exact) mass is 503 g/mol. The first-order valence-corrected chi connectivity index (χ1v) is 11.7. The number of carbonyl (C=O) groups excluding carboxylic acids is 2. The van der Waals surface area contributed by atoms with Gasteiger partial charge in [0.25, 0.3) is 5.91 Å². The molecule has 2 heterocycles. The minimum Gasteiger partial charge on any atom is -0.308 e. The highest BCUT2D eigenvalue weighted by Crippen LogP contribution is 2.38. The van der Waals surface area contributed by atoms with Crippen LogP contribution >= 0.6 is 11.8 Å². The van der Waals surface area contributed by atoms with Crippen LogP contribution < -0.4 is 9.62 Å². The van der Waals surface area contributed by atoms with Gasteiger partial charge in [-0.05, 0) is 54.6 Å². The Morgan fingerprint density at radius 3 is 2.36 bits per heavy atom. The van der Waals surface area contributed by atoms with Crippen molar-refractivity contribution < 1.29 is 31.2 Å². The van der Waals surface area contributed by atoms with Crippen LogP contribution in [-0.2, 0) is 21.5 Å². The number of benzene rings is 1. The highest BCUT2D eigenvalue weighted by Gasteiger charge is 2.43. The predicted molar refractivity (Wildman–Crippen MR) is 117 cm³/mol. The molecule has 178 valence electrons. The van der Waals surface area contributed by atoms with Crippen molar-refractivity contribution in [2.45, 2.75) is 29.9 Å². The quantitative estimate of drug-likeness (QED) is 0.460. The van der Waals surface area contributed by atoms with Gasteiger partial charge in [0.2, 0.25) is 0 Å². The third-order valence-corrected chi connectivity index (χ3v) is 6.96. The van der Waals surface area contributed by atoms with E-state index in [1.165, 1.54) is 68.6 Å². The maximum atomic E-state index is 13.0. The van der Waals surface area contributed by atoms with Gasteiger partial charge in [0.15, 0.2) is 0 Å². The second-order valence-electron chi connectivity index (χ2n) is 7.22. The van der Waals surface area contributed by atoms with Gasteiger partial charge in [-0.2, -0.15) is 25.9 Å². The fourth-order valence-electron chi connectivity index (χ4n) is 3.01. The van der Waals surface area contributed by atoms with Crippen LogP contribution in [0.3, 0.4) is 0 Å². The Kier molecular flexibility index (Phi) is 6.91. The van der Waals surface area contributed by atoms with Crippen molar-refractivity contribution in [1.29, 1.82) is 0 Å². The number of aromatic nitrogens is 1. The average molecular weight is 504 g/mol. The lowest BCUT2D eigenvalue weighted by molar-refractivity contribution is -0.119. The standard InChI is InChI=1S/C19H20F3N5O4S2/c1-12-17(28)27(14-4-6-15(7-5-14)32-19(20,21)22)18(29)26(12)11-13-8-9-23-10-16(13)24-33(30,31)25(2)3/h4-10,12,24H,11H2,1-3H3. The molecule has 9 nitrogen and oxygen atoms in total. The maximum Gasteiger partial charge on any atom is 0.446 e. The smallest absolute Gasteiger partial charge is 0.308 e. The predicted octanol–water partition coefficient (Wildman–Crippen LogP) is 3.27. The fraction of sp³-hybridized carbons (Fsp3) is 0.316. The van der Waals surface area contributed by atoms with Crippen LogP contribution in [0.4, 0.5) is 29.3 Å². The summed E-state index contributed by atoms with van der Waals surface area (Å²) < 4.78 is 65.4. The summed E-state index contributed by atoms with van der Waals surface area (Å²) in [5.74, 6) is -0.555. The summed E-state index contributed by atoms with van der Waals surface area (Å²) in [6, 6.07) is 4.85. The van der Waals surface area contributed by atoms with E-state index in [0.29, 0.717) is 5.56 Å². The number of nitrogens with zero attached hydrogens (tertiary/aromatic N) is 4. The molecule has 1 fully saturated rings. The molecule has 1 aliphatic heterocycles. The number of carbonyl (C=O) groups is 2. The Labute approximate surface area is 192 Å². The van der Waals surface area contributed by atoms with Gasteiger partial charge in [-0.3, -0.25) is 14.5 Å². The first-order chi connectivity index (χ1) is 15.3. The molecule has 0 radical (unpaired) electrons. The van der Waals surface area contributed by atoms with Crippen LogP contribution in [0, 0.1) is 0 Å². The van der Waals surface area contributed by atoms with Crippen molar-refractivity contribution in [1.82, 2.24) is 14.2 Å². The van der Waals surface area contributed by atoms with Gasteiger partial charge in [0, 0.05) is 25.2 Å². The molecule has 1 N–H and O–H groups in total. The van der Waals surface area contributed by atoms with Gasteiger partial charge in [-0.1, -0.05) is 0 Å². The Balaban J connectivity index is 1.83. The van der Waals surface area contributed by atoms with Crippen LogP contribution in [-0.4, -0.2) is 60.2 Å². The van der Waals surface area contributed by atoms with Crippen molar-refractivity contribution in [2.24, 2.45) is 0 Å². The average Bonchev–Trinajstić information content (AvgIpc) is 2.92. The lowest BCUT2D eigenvalue weighted by Gasteiger charge is -2.22. The zero-order chi connectivity index (χ0) is 24.6. The topological polar surface area (TPSA) is 103 Å². The number of amides is 3. The van der Waals surface area contributed by atoms with Crippen molar-refractivity contribution in [3.05, 3.63) is 48.3 Å². The Hall–Kier alpha value is -2.84. The van der Waals surface area contributed by atoms with Crippen LogP contribution in [0.1, 0.15) is 12.5 Å². The zero-order valence-electron chi connectivity index (χ0n) is 17.7. The second-order valence-corrected chi connectivity index (χ2v) is 10.2. The number of hydrogen-bond acceptors (Lipinski definition) is 6. The number of nitrogens with one attached hydrogen (secondary N) is 1. The normalized spacial score (nSPS) is 17.2. The Morgan fingerprint density at radius 2 is 1.79 bits per heavy atom. The van der Waals surface area contributed by atoms with E-state index in [9.17, 15) is 31.2 Å². The molecule has 1 saturated heterocycles. The molecule has 1 aromatic heterocycles. The van der Waals surface area contributed by atoms with Crippen LogP contribution in [0.25, 0.3) is 0 Å². The van der Waals surface area contributed by atoms with Crippen LogP contribution in [0.2, 0.25) is 0 Å². The Bertz CT molecular complexity index is 1160. The molecular formula is C19H20F3N5O4S2. The van der Waals surface area contributed by atoms with Gasteiger partial charge in [0.05, 0.1) is 24.1 Å². The van der Waals surface area contributed by atoms with E-state index >= 15 is 0 Å². The van der Waals surface area contributed by atoms with E-state index in [1.807, 2.05) is 0 Å². The van der Waals surface area contributed by atoms with Gasteiger partial charge in [-0.15, -0.1) is 0 Å². The summed E-state index contributed by atoms with van der Waals surface area (Å²) in [5, 5.41) is 0. The van der Waals surface area contributed by atoms with Crippen molar-refractivity contribution in [2.75, 3.05) is 23.7 Å². The van der Waals surface area contributed by atoms with Crippen molar-refractivity contribution >= 4 is 45.3 Å². The molecule has 3 amide bonds. The number of imide groups is 1. The summed E-state index contributed by atoms with van der Waals surface area (Å²) in [5.41, 5.74) is -3.77. The van der Waals surface area contributed by atoms with E-state index in [4.69, 9.17) is 0 Å². The van der Waals surface area contributed by atoms with E-state index in [0.717, 1.165) is 9.21 Å². The largest absolute Gasteiger partial charge is 0.446 e.